The molecule has 7 heteroatoms. The number of nitrogens with zero attached hydrogens (tertiary/aromatic N) is 2. The number of rotatable bonds is 3. The number of quaternary nitrogens is 1. The van der Waals surface area contributed by atoms with Crippen LogP contribution in [0.4, 0.5) is 0 Å². The van der Waals surface area contributed by atoms with E-state index >= 15 is 0 Å². The number of hydrogen-bond donors (Lipinski definition) is 3. The van der Waals surface area contributed by atoms with Gasteiger partial charge in [-0.2, -0.15) is 10.5 Å². The van der Waals surface area contributed by atoms with E-state index in [4.69, 9.17) is 15.2 Å². The molecule has 5 N–H and O–H groups in total. The Kier molecular flexibility index (Phi) is 3.89. The van der Waals surface area contributed by atoms with Crippen molar-refractivity contribution in [3.63, 3.8) is 0 Å². The summed E-state index contributed by atoms with van der Waals surface area (Å²) >= 11 is 0. The minimum Gasteiger partial charge on any atom is -0.316 e. The Labute approximate surface area is 146 Å². The van der Waals surface area contributed by atoms with Crippen LogP contribution in [0.3, 0.4) is 0 Å². The average molecular weight is 339 g/mol. The van der Waals surface area contributed by atoms with Gasteiger partial charge >= 0.3 is 5.91 Å². The molecule has 0 amide bonds. The molecule has 1 aromatic carbocycles. The highest BCUT2D eigenvalue weighted by Gasteiger charge is 2.81. The molecule has 2 aliphatic rings. The molecule has 0 bridgehead atoms. The van der Waals surface area contributed by atoms with Crippen molar-refractivity contribution in [1.82, 2.24) is 0 Å². The Morgan fingerprint density at radius 2 is 1.80 bits per heavy atom. The Morgan fingerprint density at radius 1 is 1.16 bits per heavy atom. The highest BCUT2D eigenvalue weighted by atomic mass is 16.7. The van der Waals surface area contributed by atoms with Gasteiger partial charge < -0.3 is 14.8 Å². The van der Waals surface area contributed by atoms with Crippen molar-refractivity contribution in [3.05, 3.63) is 47.7 Å². The standard InChI is InChI=1S/C18H19N5O2/c1-12-9-16(10-19)17(11-20,15(21)23-18(16,24-2)25-3)14(22-12)13-7-5-4-6-8-13/h4-9,14,22H,1-3H3,(H2,21,23)/p+2/t14-,16+,17-/m0/s1. The van der Waals surface area contributed by atoms with Crippen LogP contribution < -0.4 is 16.0 Å². The van der Waals surface area contributed by atoms with Gasteiger partial charge in [-0.25, -0.2) is 4.99 Å². The zero-order chi connectivity index (χ0) is 18.3. The molecule has 3 atom stereocenters. The van der Waals surface area contributed by atoms with Gasteiger partial charge in [0, 0.05) is 32.8 Å². The van der Waals surface area contributed by atoms with E-state index in [0.29, 0.717) is 0 Å². The van der Waals surface area contributed by atoms with E-state index in [1.165, 1.54) is 14.2 Å². The largest absolute Gasteiger partial charge is 0.346 e. The summed E-state index contributed by atoms with van der Waals surface area (Å²) in [5, 5.41) is 22.4. The molecule has 0 unspecified atom stereocenters. The fourth-order valence-electron chi connectivity index (χ4n) is 4.17. The van der Waals surface area contributed by atoms with Crippen molar-refractivity contribution in [1.29, 1.82) is 10.5 Å². The van der Waals surface area contributed by atoms with Crippen molar-refractivity contribution in [2.24, 2.45) is 16.6 Å². The maximum Gasteiger partial charge on any atom is 0.346 e. The van der Waals surface area contributed by atoms with Crippen LogP contribution in [0.5, 0.6) is 0 Å². The fraction of sp³-hybridized carbons (Fsp3) is 0.389. The van der Waals surface area contributed by atoms with Crippen LogP contribution in [0.15, 0.2) is 42.1 Å². The number of benzene rings is 1. The van der Waals surface area contributed by atoms with Crippen molar-refractivity contribution in [3.8, 4) is 12.1 Å². The molecular formula is C18H21N5O2+2. The number of nitriles is 2. The summed E-state index contributed by atoms with van der Waals surface area (Å²) in [7, 11) is 2.85. The second kappa shape index (κ2) is 5.68. The Balaban J connectivity index is 2.38. The number of hydrogen-bond acceptors (Lipinski definition) is 5. The smallest absolute Gasteiger partial charge is 0.316 e. The zero-order valence-corrected chi connectivity index (χ0v) is 14.4. The van der Waals surface area contributed by atoms with Gasteiger partial charge in [0.2, 0.25) is 10.8 Å². The molecule has 1 aromatic rings. The predicted molar refractivity (Wildman–Crippen MR) is 87.9 cm³/mol. The first kappa shape index (κ1) is 17.1. The summed E-state index contributed by atoms with van der Waals surface area (Å²) in [5.74, 6) is -1.39. The molecule has 0 saturated heterocycles. The highest BCUT2D eigenvalue weighted by Crippen LogP contribution is 2.56. The van der Waals surface area contributed by atoms with Gasteiger partial charge in [0.1, 0.15) is 11.7 Å². The van der Waals surface area contributed by atoms with Gasteiger partial charge in [-0.1, -0.05) is 30.3 Å². The number of methoxy groups -OCH3 is 2. The van der Waals surface area contributed by atoms with Crippen LogP contribution in [0.25, 0.3) is 0 Å². The van der Waals surface area contributed by atoms with Crippen LogP contribution in [-0.2, 0) is 9.47 Å². The molecule has 0 radical (unpaired) electrons. The first-order valence-electron chi connectivity index (χ1n) is 7.90. The summed E-state index contributed by atoms with van der Waals surface area (Å²) in [6, 6.07) is 13.7. The average Bonchev–Trinajstić information content (AvgIpc) is 2.87. The summed E-state index contributed by atoms with van der Waals surface area (Å²) in [6.45, 7) is 1.89. The highest BCUT2D eigenvalue weighted by molar-refractivity contribution is 5.89. The number of amidine groups is 1. The van der Waals surface area contributed by atoms with E-state index in [1.807, 2.05) is 42.6 Å². The van der Waals surface area contributed by atoms with Gasteiger partial charge in [0.15, 0.2) is 0 Å². The molecular weight excluding hydrogens is 318 g/mol. The summed E-state index contributed by atoms with van der Waals surface area (Å²) in [6.07, 6.45) is 1.72. The molecule has 25 heavy (non-hydrogen) atoms. The molecule has 128 valence electrons. The van der Waals surface area contributed by atoms with E-state index in [1.54, 1.807) is 6.08 Å². The molecule has 2 heterocycles. The molecule has 0 spiro atoms. The molecule has 3 rings (SSSR count). The van der Waals surface area contributed by atoms with Crippen LogP contribution in [-0.4, -0.2) is 26.0 Å². The topological polar surface area (TPSA) is 123 Å². The van der Waals surface area contributed by atoms with E-state index in [0.717, 1.165) is 11.3 Å². The monoisotopic (exact) mass is 339 g/mol. The van der Waals surface area contributed by atoms with E-state index in [9.17, 15) is 10.5 Å². The zero-order valence-electron chi connectivity index (χ0n) is 14.4. The number of allylic oxidation sites excluding steroid dienone is 1. The molecule has 0 aliphatic carbocycles. The summed E-state index contributed by atoms with van der Waals surface area (Å²) in [5.41, 5.74) is 5.23. The lowest BCUT2D eigenvalue weighted by atomic mass is 9.57. The number of nitrogens with two attached hydrogens (primary N) is 2. The van der Waals surface area contributed by atoms with Gasteiger partial charge in [-0.05, 0) is 0 Å². The van der Waals surface area contributed by atoms with Gasteiger partial charge in [0.25, 0.3) is 5.84 Å². The Morgan fingerprint density at radius 3 is 2.32 bits per heavy atom. The number of ether oxygens (including phenoxy) is 2. The van der Waals surface area contributed by atoms with E-state index in [-0.39, 0.29) is 5.84 Å². The third-order valence-corrected chi connectivity index (χ3v) is 5.29. The van der Waals surface area contributed by atoms with Crippen molar-refractivity contribution >= 4 is 5.84 Å². The Bertz CT molecular complexity index is 831. The third kappa shape index (κ3) is 1.86. The number of nitrogens with one attached hydrogen (secondary N) is 1. The van der Waals surface area contributed by atoms with Crippen LogP contribution >= 0.6 is 0 Å². The summed E-state index contributed by atoms with van der Waals surface area (Å²) in [4.78, 5) is 2.95. The van der Waals surface area contributed by atoms with Gasteiger partial charge in [-0.15, -0.1) is 0 Å². The first-order valence-corrected chi connectivity index (χ1v) is 7.90. The van der Waals surface area contributed by atoms with Crippen LogP contribution in [0.1, 0.15) is 18.5 Å². The maximum atomic E-state index is 10.3. The molecule has 0 aromatic heterocycles. The summed E-state index contributed by atoms with van der Waals surface area (Å²) < 4.78 is 11.2. The molecule has 7 nitrogen and oxygen atoms in total. The van der Waals surface area contributed by atoms with Crippen LogP contribution in [0.2, 0.25) is 0 Å². The fourth-order valence-corrected chi connectivity index (χ4v) is 4.17. The van der Waals surface area contributed by atoms with Gasteiger partial charge in [-0.3, -0.25) is 5.73 Å². The lowest BCUT2D eigenvalue weighted by Crippen LogP contribution is -2.91. The molecule has 0 saturated carbocycles. The second-order valence-corrected chi connectivity index (χ2v) is 6.35. The van der Waals surface area contributed by atoms with Gasteiger partial charge in [0.05, 0.1) is 12.1 Å². The lowest BCUT2D eigenvalue weighted by molar-refractivity contribution is -0.697. The maximum absolute atomic E-state index is 10.3. The first-order chi connectivity index (χ1) is 12.0. The SMILES string of the molecule is COC1(OC)[NH+]=C(N)[C@]2(C#N)[C@H](c3ccccc3)[NH2+]C(C)=C[C@]12C#N. The molecule has 2 aliphatic heterocycles. The predicted octanol–water partition coefficient (Wildman–Crippen LogP) is -1.37. The second-order valence-electron chi connectivity index (χ2n) is 6.35. The minimum atomic E-state index is -1.55. The van der Waals surface area contributed by atoms with Crippen LogP contribution in [0, 0.1) is 33.5 Å². The lowest BCUT2D eigenvalue weighted by Gasteiger charge is -2.43. The van der Waals surface area contributed by atoms with Crippen molar-refractivity contribution in [2.75, 3.05) is 14.2 Å². The van der Waals surface area contributed by atoms with Crippen molar-refractivity contribution < 1.29 is 19.8 Å². The van der Waals surface area contributed by atoms with E-state index < -0.39 is 22.8 Å². The molecule has 0 fully saturated rings. The number of fused-ring (bicyclic) bond motifs is 1. The van der Waals surface area contributed by atoms with E-state index in [2.05, 4.69) is 17.1 Å². The minimum absolute atomic E-state index is 0.161. The normalized spacial score (nSPS) is 32.8. The Hall–Kier alpha value is -2.71. The quantitative estimate of drug-likeness (QED) is 0.586. The third-order valence-electron chi connectivity index (χ3n) is 5.29. The van der Waals surface area contributed by atoms with Crippen molar-refractivity contribution in [2.45, 2.75) is 18.9 Å².